The molecule has 18 heavy (non-hydrogen) atoms. The Labute approximate surface area is 109 Å². The third-order valence-corrected chi connectivity index (χ3v) is 3.74. The molecule has 0 aromatic carbocycles. The highest BCUT2D eigenvalue weighted by atomic mass is 16.5. The second-order valence-corrected chi connectivity index (χ2v) is 6.03. The van der Waals surface area contributed by atoms with Crippen molar-refractivity contribution in [2.45, 2.75) is 71.1 Å². The number of aromatic nitrogens is 2. The quantitative estimate of drug-likeness (QED) is 0.891. The summed E-state index contributed by atoms with van der Waals surface area (Å²) >= 11 is 0. The second kappa shape index (κ2) is 4.97. The maximum atomic E-state index is 5.96. The molecular weight excluding hydrogens is 228 g/mol. The summed E-state index contributed by atoms with van der Waals surface area (Å²) in [4.78, 5) is 6.83. The molecular formula is C13H24N4O. The summed E-state index contributed by atoms with van der Waals surface area (Å²) in [6.45, 7) is 9.02. The maximum absolute atomic E-state index is 5.96. The van der Waals surface area contributed by atoms with Crippen molar-refractivity contribution < 1.29 is 4.52 Å². The van der Waals surface area contributed by atoms with Gasteiger partial charge in [0.15, 0.2) is 5.82 Å². The van der Waals surface area contributed by atoms with Gasteiger partial charge in [0.2, 0.25) is 5.89 Å². The molecule has 0 radical (unpaired) electrons. The van der Waals surface area contributed by atoms with Crippen LogP contribution in [0, 0.1) is 0 Å². The fourth-order valence-corrected chi connectivity index (χ4v) is 2.52. The Morgan fingerprint density at radius 1 is 1.33 bits per heavy atom. The van der Waals surface area contributed by atoms with Crippen LogP contribution >= 0.6 is 0 Å². The Morgan fingerprint density at radius 2 is 1.94 bits per heavy atom. The first-order chi connectivity index (χ1) is 8.38. The van der Waals surface area contributed by atoms with E-state index in [9.17, 15) is 0 Å². The van der Waals surface area contributed by atoms with Gasteiger partial charge in [-0.15, -0.1) is 0 Å². The molecule has 5 nitrogen and oxygen atoms in total. The van der Waals surface area contributed by atoms with Crippen LogP contribution in [0.15, 0.2) is 4.52 Å². The predicted molar refractivity (Wildman–Crippen MR) is 69.8 cm³/mol. The third kappa shape index (κ3) is 2.90. The van der Waals surface area contributed by atoms with Crippen molar-refractivity contribution in [2.24, 2.45) is 5.73 Å². The van der Waals surface area contributed by atoms with E-state index in [1.165, 1.54) is 19.3 Å². The lowest BCUT2D eigenvalue weighted by Gasteiger charge is -2.37. The second-order valence-electron chi connectivity index (χ2n) is 6.03. The summed E-state index contributed by atoms with van der Waals surface area (Å²) in [6, 6.07) is 1.16. The Morgan fingerprint density at radius 3 is 2.44 bits per heavy atom. The summed E-state index contributed by atoms with van der Waals surface area (Å²) in [5, 5.41) is 3.97. The molecule has 1 aromatic heterocycles. The van der Waals surface area contributed by atoms with Crippen LogP contribution in [0.1, 0.15) is 58.7 Å². The van der Waals surface area contributed by atoms with E-state index in [0.717, 1.165) is 6.54 Å². The van der Waals surface area contributed by atoms with Crippen molar-refractivity contribution in [1.82, 2.24) is 15.0 Å². The van der Waals surface area contributed by atoms with Gasteiger partial charge in [-0.1, -0.05) is 11.6 Å². The van der Waals surface area contributed by atoms with Crippen LogP contribution in [0.2, 0.25) is 0 Å². The monoisotopic (exact) mass is 252 g/mol. The molecule has 1 aliphatic heterocycles. The lowest BCUT2D eigenvalue weighted by molar-refractivity contribution is 0.0825. The molecule has 1 aliphatic rings. The summed E-state index contributed by atoms with van der Waals surface area (Å²) in [6.07, 6.45) is 3.80. The zero-order valence-electron chi connectivity index (χ0n) is 11.8. The largest absolute Gasteiger partial charge is 0.338 e. The topological polar surface area (TPSA) is 68.2 Å². The van der Waals surface area contributed by atoms with Gasteiger partial charge in [-0.05, 0) is 40.5 Å². The first-order valence-corrected chi connectivity index (χ1v) is 6.75. The summed E-state index contributed by atoms with van der Waals surface area (Å²) in [5.41, 5.74) is 5.42. The SMILES string of the molecule is C[C@@H]1CCC[C@H](C)N1Cc1nc(C(C)(C)N)no1. The molecule has 0 aliphatic carbocycles. The minimum absolute atomic E-state index is 0.541. The fraction of sp³-hybridized carbons (Fsp3) is 0.846. The van der Waals surface area contributed by atoms with Gasteiger partial charge < -0.3 is 10.3 Å². The van der Waals surface area contributed by atoms with Gasteiger partial charge in [0, 0.05) is 12.1 Å². The van der Waals surface area contributed by atoms with E-state index in [1.807, 2.05) is 13.8 Å². The smallest absolute Gasteiger partial charge is 0.240 e. The molecule has 2 N–H and O–H groups in total. The first kappa shape index (κ1) is 13.5. The molecule has 102 valence electrons. The van der Waals surface area contributed by atoms with Gasteiger partial charge in [-0.3, -0.25) is 4.90 Å². The summed E-state index contributed by atoms with van der Waals surface area (Å²) < 4.78 is 5.31. The lowest BCUT2D eigenvalue weighted by atomic mass is 9.98. The number of nitrogens with zero attached hydrogens (tertiary/aromatic N) is 3. The zero-order valence-corrected chi connectivity index (χ0v) is 11.8. The van der Waals surface area contributed by atoms with E-state index in [2.05, 4.69) is 28.9 Å². The Balaban J connectivity index is 2.06. The highest BCUT2D eigenvalue weighted by Gasteiger charge is 2.27. The van der Waals surface area contributed by atoms with Gasteiger partial charge in [-0.2, -0.15) is 4.98 Å². The minimum atomic E-state index is -0.541. The molecule has 0 amide bonds. The van der Waals surface area contributed by atoms with E-state index in [0.29, 0.717) is 23.8 Å². The fourth-order valence-electron chi connectivity index (χ4n) is 2.52. The van der Waals surface area contributed by atoms with E-state index >= 15 is 0 Å². The van der Waals surface area contributed by atoms with Gasteiger partial charge in [-0.25, -0.2) is 0 Å². The molecule has 1 fully saturated rings. The normalized spacial score (nSPS) is 26.5. The Bertz CT molecular complexity index is 386. The van der Waals surface area contributed by atoms with Crippen molar-refractivity contribution in [2.75, 3.05) is 0 Å². The number of hydrogen-bond donors (Lipinski definition) is 1. The summed E-state index contributed by atoms with van der Waals surface area (Å²) in [5.74, 6) is 1.25. The molecule has 2 rings (SSSR count). The van der Waals surface area contributed by atoms with Crippen LogP contribution in [0.4, 0.5) is 0 Å². The van der Waals surface area contributed by atoms with Crippen LogP contribution in [-0.2, 0) is 12.1 Å². The molecule has 0 spiro atoms. The minimum Gasteiger partial charge on any atom is -0.338 e. The van der Waals surface area contributed by atoms with Gasteiger partial charge in [0.25, 0.3) is 0 Å². The van der Waals surface area contributed by atoms with Crippen molar-refractivity contribution in [3.63, 3.8) is 0 Å². The van der Waals surface area contributed by atoms with Crippen LogP contribution in [0.25, 0.3) is 0 Å². The predicted octanol–water partition coefficient (Wildman–Crippen LogP) is 2.03. The molecule has 1 aromatic rings. The first-order valence-electron chi connectivity index (χ1n) is 6.75. The van der Waals surface area contributed by atoms with Gasteiger partial charge >= 0.3 is 0 Å². The van der Waals surface area contributed by atoms with E-state index in [1.54, 1.807) is 0 Å². The van der Waals surface area contributed by atoms with Crippen LogP contribution in [0.5, 0.6) is 0 Å². The highest BCUT2D eigenvalue weighted by Crippen LogP contribution is 2.24. The van der Waals surface area contributed by atoms with Crippen LogP contribution in [0.3, 0.4) is 0 Å². The molecule has 0 unspecified atom stereocenters. The van der Waals surface area contributed by atoms with Crippen molar-refractivity contribution in [3.05, 3.63) is 11.7 Å². The highest BCUT2D eigenvalue weighted by molar-refractivity contribution is 4.99. The maximum Gasteiger partial charge on any atom is 0.240 e. The average molecular weight is 252 g/mol. The van der Waals surface area contributed by atoms with Gasteiger partial charge in [0.05, 0.1) is 12.1 Å². The number of piperidine rings is 1. The summed E-state index contributed by atoms with van der Waals surface area (Å²) in [7, 11) is 0. The third-order valence-electron chi connectivity index (χ3n) is 3.74. The Hall–Kier alpha value is -0.940. The van der Waals surface area contributed by atoms with Crippen LogP contribution in [-0.4, -0.2) is 27.1 Å². The van der Waals surface area contributed by atoms with Crippen molar-refractivity contribution in [1.29, 1.82) is 0 Å². The lowest BCUT2D eigenvalue weighted by Crippen LogP contribution is -2.43. The molecule has 5 heteroatoms. The average Bonchev–Trinajstić information content (AvgIpc) is 2.72. The standard InChI is InChI=1S/C13H24N4O/c1-9-6-5-7-10(2)17(9)8-11-15-12(16-18-11)13(3,4)14/h9-10H,5-8,14H2,1-4H3/t9-,10+. The van der Waals surface area contributed by atoms with E-state index in [4.69, 9.17) is 10.3 Å². The van der Waals surface area contributed by atoms with E-state index < -0.39 is 5.54 Å². The molecule has 2 heterocycles. The molecule has 0 saturated carbocycles. The van der Waals surface area contributed by atoms with Crippen molar-refractivity contribution >= 4 is 0 Å². The molecule has 1 saturated heterocycles. The number of nitrogens with two attached hydrogens (primary N) is 1. The molecule has 0 bridgehead atoms. The van der Waals surface area contributed by atoms with Crippen molar-refractivity contribution in [3.8, 4) is 0 Å². The number of likely N-dealkylation sites (tertiary alicyclic amines) is 1. The van der Waals surface area contributed by atoms with Gasteiger partial charge in [0.1, 0.15) is 0 Å². The number of hydrogen-bond acceptors (Lipinski definition) is 5. The molecule has 2 atom stereocenters. The van der Waals surface area contributed by atoms with E-state index in [-0.39, 0.29) is 0 Å². The zero-order chi connectivity index (χ0) is 13.3. The van der Waals surface area contributed by atoms with Crippen LogP contribution < -0.4 is 5.73 Å². The number of rotatable bonds is 3. The Kier molecular flexibility index (Phi) is 3.73.